The van der Waals surface area contributed by atoms with Crippen molar-refractivity contribution in [3.8, 4) is 0 Å². The van der Waals surface area contributed by atoms with Gasteiger partial charge < -0.3 is 0 Å². The van der Waals surface area contributed by atoms with E-state index in [0.717, 1.165) is 5.56 Å². The third-order valence-corrected chi connectivity index (χ3v) is 4.26. The van der Waals surface area contributed by atoms with Crippen LogP contribution < -0.4 is 0 Å². The lowest BCUT2D eigenvalue weighted by Crippen LogP contribution is -2.21. The van der Waals surface area contributed by atoms with Gasteiger partial charge in [0.1, 0.15) is 5.78 Å². The van der Waals surface area contributed by atoms with Crippen LogP contribution in [0.15, 0.2) is 29.2 Å². The smallest absolute Gasteiger partial charge is 0.300 e. The van der Waals surface area contributed by atoms with Gasteiger partial charge in [0, 0.05) is 12.8 Å². The summed E-state index contributed by atoms with van der Waals surface area (Å²) in [6.07, 6.45) is 0.891. The highest BCUT2D eigenvalue weighted by molar-refractivity contribution is 7.91. The van der Waals surface area contributed by atoms with Gasteiger partial charge >= 0.3 is 5.76 Å². The molecule has 6 heteroatoms. The maximum absolute atomic E-state index is 12.3. The summed E-state index contributed by atoms with van der Waals surface area (Å²) in [6, 6.07) is 5.32. The summed E-state index contributed by atoms with van der Waals surface area (Å²) >= 11 is 0. The average molecular weight is 260 g/mol. The predicted molar refractivity (Wildman–Crippen MR) is 56.6 cm³/mol. The van der Waals surface area contributed by atoms with Gasteiger partial charge in [0.2, 0.25) is 9.84 Å². The SMILES string of the molecule is O=C1CC(c2ccc(S(=O)(=O)C(F)F)cc2)C1. The summed E-state index contributed by atoms with van der Waals surface area (Å²) in [7, 11) is -4.52. The normalized spacial score (nSPS) is 17.2. The highest BCUT2D eigenvalue weighted by atomic mass is 32.2. The highest BCUT2D eigenvalue weighted by Gasteiger charge is 2.29. The average Bonchev–Trinajstić information content (AvgIpc) is 2.25. The van der Waals surface area contributed by atoms with E-state index in [1.54, 1.807) is 0 Å². The molecule has 1 aliphatic carbocycles. The van der Waals surface area contributed by atoms with Gasteiger partial charge in [0.25, 0.3) is 0 Å². The van der Waals surface area contributed by atoms with Crippen LogP contribution >= 0.6 is 0 Å². The Hall–Kier alpha value is -1.30. The van der Waals surface area contributed by atoms with Crippen LogP contribution in [0.2, 0.25) is 0 Å². The zero-order chi connectivity index (χ0) is 12.6. The van der Waals surface area contributed by atoms with Gasteiger partial charge in [-0.3, -0.25) is 4.79 Å². The van der Waals surface area contributed by atoms with Gasteiger partial charge in [-0.2, -0.15) is 8.78 Å². The van der Waals surface area contributed by atoms with Crippen molar-refractivity contribution in [2.45, 2.75) is 29.4 Å². The summed E-state index contributed by atoms with van der Waals surface area (Å²) in [5, 5.41) is 0. The summed E-state index contributed by atoms with van der Waals surface area (Å²) in [6.45, 7) is 0. The number of rotatable bonds is 3. The third-order valence-electron chi connectivity index (χ3n) is 2.86. The third kappa shape index (κ3) is 2.22. The van der Waals surface area contributed by atoms with Gasteiger partial charge in [-0.05, 0) is 23.6 Å². The largest absolute Gasteiger partial charge is 0.341 e. The molecule has 0 atom stereocenters. The maximum atomic E-state index is 12.3. The van der Waals surface area contributed by atoms with Crippen molar-refractivity contribution in [1.29, 1.82) is 0 Å². The molecule has 1 aromatic carbocycles. The Balaban J connectivity index is 2.22. The van der Waals surface area contributed by atoms with Crippen molar-refractivity contribution < 1.29 is 22.0 Å². The standard InChI is InChI=1S/C11H10F2O3S/c12-11(13)17(15,16)10-3-1-7(2-4-10)8-5-9(14)6-8/h1-4,8,11H,5-6H2. The summed E-state index contributed by atoms with van der Waals surface area (Å²) < 4.78 is 46.8. The minimum absolute atomic E-state index is 0.103. The number of alkyl halides is 2. The first kappa shape index (κ1) is 12.2. The van der Waals surface area contributed by atoms with Gasteiger partial charge in [-0.15, -0.1) is 0 Å². The van der Waals surface area contributed by atoms with Gasteiger partial charge in [-0.1, -0.05) is 12.1 Å². The van der Waals surface area contributed by atoms with E-state index in [-0.39, 0.29) is 16.6 Å². The molecule has 0 spiro atoms. The minimum Gasteiger partial charge on any atom is -0.300 e. The van der Waals surface area contributed by atoms with E-state index >= 15 is 0 Å². The number of carbonyl (C=O) groups is 1. The van der Waals surface area contributed by atoms with E-state index in [0.29, 0.717) is 12.8 Å². The molecule has 0 N–H and O–H groups in total. The number of hydrogen-bond donors (Lipinski definition) is 0. The first-order valence-corrected chi connectivity index (χ1v) is 6.59. The first-order chi connectivity index (χ1) is 7.91. The summed E-state index contributed by atoms with van der Waals surface area (Å²) in [5.41, 5.74) is 0.817. The zero-order valence-electron chi connectivity index (χ0n) is 8.77. The fourth-order valence-electron chi connectivity index (χ4n) is 1.76. The van der Waals surface area contributed by atoms with Crippen molar-refractivity contribution in [2.24, 2.45) is 0 Å². The minimum atomic E-state index is -4.52. The lowest BCUT2D eigenvalue weighted by molar-refractivity contribution is -0.124. The second kappa shape index (κ2) is 4.18. The summed E-state index contributed by atoms with van der Waals surface area (Å²) in [4.78, 5) is 10.4. The summed E-state index contributed by atoms with van der Waals surface area (Å²) in [5.74, 6) is -3.14. The van der Waals surface area contributed by atoms with Crippen molar-refractivity contribution in [2.75, 3.05) is 0 Å². The molecule has 1 fully saturated rings. The van der Waals surface area contributed by atoms with Crippen molar-refractivity contribution in [1.82, 2.24) is 0 Å². The Morgan fingerprint density at radius 3 is 2.06 bits per heavy atom. The van der Waals surface area contributed by atoms with Crippen LogP contribution in [-0.4, -0.2) is 20.0 Å². The number of ketones is 1. The number of benzene rings is 1. The molecule has 3 nitrogen and oxygen atoms in total. The molecular weight excluding hydrogens is 250 g/mol. The monoisotopic (exact) mass is 260 g/mol. The molecule has 92 valence electrons. The zero-order valence-corrected chi connectivity index (χ0v) is 9.58. The lowest BCUT2D eigenvalue weighted by atomic mass is 9.79. The molecule has 0 heterocycles. The van der Waals surface area contributed by atoms with E-state index in [4.69, 9.17) is 0 Å². The van der Waals surface area contributed by atoms with E-state index in [1.165, 1.54) is 24.3 Å². The van der Waals surface area contributed by atoms with Crippen molar-refractivity contribution in [3.63, 3.8) is 0 Å². The Morgan fingerprint density at radius 1 is 1.12 bits per heavy atom. The van der Waals surface area contributed by atoms with E-state index in [2.05, 4.69) is 0 Å². The Labute approximate surface area is 97.4 Å². The molecule has 0 unspecified atom stereocenters. The molecule has 1 saturated carbocycles. The fraction of sp³-hybridized carbons (Fsp3) is 0.364. The molecule has 0 saturated heterocycles. The van der Waals surface area contributed by atoms with Gasteiger partial charge in [0.15, 0.2) is 0 Å². The molecule has 1 aromatic rings. The number of carbonyl (C=O) groups excluding carboxylic acids is 1. The molecule has 0 aromatic heterocycles. The topological polar surface area (TPSA) is 51.2 Å². The quantitative estimate of drug-likeness (QED) is 0.836. The van der Waals surface area contributed by atoms with Crippen LogP contribution in [0.1, 0.15) is 24.3 Å². The van der Waals surface area contributed by atoms with Gasteiger partial charge in [-0.25, -0.2) is 8.42 Å². The highest BCUT2D eigenvalue weighted by Crippen LogP contribution is 2.34. The second-order valence-corrected chi connectivity index (χ2v) is 5.94. The molecule has 1 aliphatic rings. The molecule has 0 amide bonds. The Kier molecular flexibility index (Phi) is 2.99. The maximum Gasteiger partial charge on any atom is 0.341 e. The van der Waals surface area contributed by atoms with Crippen LogP contribution in [0.25, 0.3) is 0 Å². The molecule has 0 radical (unpaired) electrons. The van der Waals surface area contributed by atoms with Crippen LogP contribution in [0.5, 0.6) is 0 Å². The Bertz CT molecular complexity index is 526. The van der Waals surface area contributed by atoms with Gasteiger partial charge in [0.05, 0.1) is 4.90 Å². The lowest BCUT2D eigenvalue weighted by Gasteiger charge is -2.24. The number of halogens is 2. The van der Waals surface area contributed by atoms with Crippen LogP contribution in [0.3, 0.4) is 0 Å². The molecule has 17 heavy (non-hydrogen) atoms. The molecule has 0 aliphatic heterocycles. The number of hydrogen-bond acceptors (Lipinski definition) is 3. The van der Waals surface area contributed by atoms with Crippen LogP contribution in [0.4, 0.5) is 8.78 Å². The second-order valence-electron chi connectivity index (χ2n) is 4.02. The molecule has 2 rings (SSSR count). The van der Waals surface area contributed by atoms with E-state index < -0.39 is 15.6 Å². The Morgan fingerprint density at radius 2 is 1.65 bits per heavy atom. The fourth-order valence-corrected chi connectivity index (χ4v) is 2.48. The van der Waals surface area contributed by atoms with Crippen LogP contribution in [-0.2, 0) is 14.6 Å². The van der Waals surface area contributed by atoms with E-state index in [1.807, 2.05) is 0 Å². The molecule has 0 bridgehead atoms. The van der Waals surface area contributed by atoms with E-state index in [9.17, 15) is 22.0 Å². The number of sulfone groups is 1. The molecular formula is C11H10F2O3S. The van der Waals surface area contributed by atoms with Crippen molar-refractivity contribution in [3.05, 3.63) is 29.8 Å². The predicted octanol–water partition coefficient (Wildman–Crippen LogP) is 2.13. The van der Waals surface area contributed by atoms with Crippen molar-refractivity contribution >= 4 is 15.6 Å². The first-order valence-electron chi connectivity index (χ1n) is 5.05. The van der Waals surface area contributed by atoms with Crippen LogP contribution in [0, 0.1) is 0 Å². The number of Topliss-reactive ketones (excluding diaryl/α,β-unsaturated/α-hetero) is 1.